The van der Waals surface area contributed by atoms with Crippen molar-refractivity contribution in [3.8, 4) is 0 Å². The Bertz CT molecular complexity index is 724. The van der Waals surface area contributed by atoms with Gasteiger partial charge >= 0.3 is 0 Å². The van der Waals surface area contributed by atoms with E-state index >= 15 is 0 Å². The standard InChI is InChI=1S/C18H23N3O3S/c1-12(2)16(22)19-8-15-11-25-17(20-15)13-4-3-6-21(9-13)18(23)14-5-7-24-10-14/h5,7,10-13H,3-4,6,8-9H2,1-2H3,(H,19,22). The normalized spacial score (nSPS) is 17.7. The molecular formula is C18H23N3O3S. The third-order valence-corrected chi connectivity index (χ3v) is 5.42. The first-order valence-electron chi connectivity index (χ1n) is 8.58. The summed E-state index contributed by atoms with van der Waals surface area (Å²) in [6, 6.07) is 1.70. The number of hydrogen-bond donors (Lipinski definition) is 1. The number of nitrogens with one attached hydrogen (secondary N) is 1. The molecule has 0 aliphatic carbocycles. The van der Waals surface area contributed by atoms with Crippen LogP contribution in [-0.2, 0) is 11.3 Å². The molecule has 0 saturated carbocycles. The molecule has 1 aliphatic heterocycles. The maximum absolute atomic E-state index is 12.5. The fourth-order valence-corrected chi connectivity index (χ4v) is 3.85. The lowest BCUT2D eigenvalue weighted by Crippen LogP contribution is -2.39. The van der Waals surface area contributed by atoms with Crippen molar-refractivity contribution < 1.29 is 14.0 Å². The van der Waals surface area contributed by atoms with E-state index in [4.69, 9.17) is 4.42 Å². The number of carbonyl (C=O) groups excluding carboxylic acids is 2. The third-order valence-electron chi connectivity index (χ3n) is 4.36. The molecule has 0 bridgehead atoms. The van der Waals surface area contributed by atoms with Crippen molar-refractivity contribution in [2.75, 3.05) is 13.1 Å². The summed E-state index contributed by atoms with van der Waals surface area (Å²) in [4.78, 5) is 30.7. The molecule has 0 radical (unpaired) electrons. The highest BCUT2D eigenvalue weighted by molar-refractivity contribution is 7.09. The Morgan fingerprint density at radius 1 is 1.48 bits per heavy atom. The van der Waals surface area contributed by atoms with E-state index in [-0.39, 0.29) is 23.7 Å². The molecule has 25 heavy (non-hydrogen) atoms. The number of thiazole rings is 1. The Kier molecular flexibility index (Phi) is 5.53. The maximum Gasteiger partial charge on any atom is 0.257 e. The highest BCUT2D eigenvalue weighted by atomic mass is 32.1. The Hall–Kier alpha value is -2.15. The summed E-state index contributed by atoms with van der Waals surface area (Å²) in [7, 11) is 0. The van der Waals surface area contributed by atoms with Crippen LogP contribution < -0.4 is 5.32 Å². The van der Waals surface area contributed by atoms with E-state index < -0.39 is 0 Å². The largest absolute Gasteiger partial charge is 0.472 e. The van der Waals surface area contributed by atoms with E-state index in [2.05, 4.69) is 10.3 Å². The summed E-state index contributed by atoms with van der Waals surface area (Å²) in [6.45, 7) is 5.64. The third kappa shape index (κ3) is 4.28. The van der Waals surface area contributed by atoms with Gasteiger partial charge in [-0.15, -0.1) is 11.3 Å². The number of rotatable bonds is 5. The molecule has 2 amide bonds. The van der Waals surface area contributed by atoms with Crippen LogP contribution in [0.1, 0.15) is 53.7 Å². The number of piperidine rings is 1. The van der Waals surface area contributed by atoms with Gasteiger partial charge < -0.3 is 14.6 Å². The second-order valence-corrected chi connectivity index (χ2v) is 7.54. The number of hydrogen-bond acceptors (Lipinski definition) is 5. The zero-order valence-electron chi connectivity index (χ0n) is 14.5. The van der Waals surface area contributed by atoms with E-state index in [0.29, 0.717) is 18.7 Å². The van der Waals surface area contributed by atoms with E-state index in [9.17, 15) is 9.59 Å². The van der Waals surface area contributed by atoms with Crippen LogP contribution >= 0.6 is 11.3 Å². The molecule has 7 heteroatoms. The van der Waals surface area contributed by atoms with Gasteiger partial charge in [0.15, 0.2) is 0 Å². The average Bonchev–Trinajstić information content (AvgIpc) is 3.30. The van der Waals surface area contributed by atoms with Crippen LogP contribution in [-0.4, -0.2) is 34.8 Å². The van der Waals surface area contributed by atoms with Gasteiger partial charge in [0.25, 0.3) is 5.91 Å². The first kappa shape index (κ1) is 17.7. The highest BCUT2D eigenvalue weighted by Gasteiger charge is 2.27. The van der Waals surface area contributed by atoms with Crippen molar-refractivity contribution in [1.29, 1.82) is 0 Å². The van der Waals surface area contributed by atoms with Crippen molar-refractivity contribution in [2.45, 2.75) is 39.2 Å². The van der Waals surface area contributed by atoms with Crippen LogP contribution in [0.25, 0.3) is 0 Å². The second-order valence-electron chi connectivity index (χ2n) is 6.65. The molecule has 1 unspecified atom stereocenters. The second kappa shape index (κ2) is 7.82. The zero-order valence-corrected chi connectivity index (χ0v) is 15.3. The van der Waals surface area contributed by atoms with Crippen molar-refractivity contribution in [3.63, 3.8) is 0 Å². The first-order chi connectivity index (χ1) is 12.0. The quantitative estimate of drug-likeness (QED) is 0.888. The molecule has 1 aliphatic rings. The monoisotopic (exact) mass is 361 g/mol. The van der Waals surface area contributed by atoms with Crippen LogP contribution in [0.15, 0.2) is 28.4 Å². The molecule has 2 aromatic rings. The van der Waals surface area contributed by atoms with E-state index in [1.165, 1.54) is 12.5 Å². The predicted molar refractivity (Wildman–Crippen MR) is 95.4 cm³/mol. The minimum Gasteiger partial charge on any atom is -0.472 e. The summed E-state index contributed by atoms with van der Waals surface area (Å²) in [6.07, 6.45) is 5.01. The van der Waals surface area contributed by atoms with Crippen LogP contribution in [0.3, 0.4) is 0 Å². The SMILES string of the molecule is CC(C)C(=O)NCc1csc(C2CCCN(C(=O)c3ccoc3)C2)n1. The number of likely N-dealkylation sites (tertiary alicyclic amines) is 1. The highest BCUT2D eigenvalue weighted by Crippen LogP contribution is 2.30. The van der Waals surface area contributed by atoms with E-state index in [1.807, 2.05) is 24.1 Å². The van der Waals surface area contributed by atoms with Gasteiger partial charge in [-0.25, -0.2) is 4.98 Å². The molecule has 1 saturated heterocycles. The van der Waals surface area contributed by atoms with Gasteiger partial charge in [-0.3, -0.25) is 9.59 Å². The van der Waals surface area contributed by atoms with Crippen molar-refractivity contribution in [3.05, 3.63) is 40.2 Å². The summed E-state index contributed by atoms with van der Waals surface area (Å²) in [5, 5.41) is 5.92. The molecule has 1 N–H and O–H groups in total. The average molecular weight is 361 g/mol. The summed E-state index contributed by atoms with van der Waals surface area (Å²) in [5.41, 5.74) is 1.48. The fourth-order valence-electron chi connectivity index (χ4n) is 2.91. The molecule has 0 spiro atoms. The van der Waals surface area contributed by atoms with Crippen molar-refractivity contribution in [2.24, 2.45) is 5.92 Å². The molecule has 6 nitrogen and oxygen atoms in total. The van der Waals surface area contributed by atoms with Crippen LogP contribution in [0.4, 0.5) is 0 Å². The Balaban J connectivity index is 1.60. The Morgan fingerprint density at radius 2 is 2.32 bits per heavy atom. The van der Waals surface area contributed by atoms with Crippen LogP contribution in [0.5, 0.6) is 0 Å². The lowest BCUT2D eigenvalue weighted by atomic mass is 9.98. The zero-order chi connectivity index (χ0) is 17.8. The van der Waals surface area contributed by atoms with Crippen LogP contribution in [0, 0.1) is 5.92 Å². The molecular weight excluding hydrogens is 338 g/mol. The van der Waals surface area contributed by atoms with Crippen molar-refractivity contribution >= 4 is 23.2 Å². The number of furan rings is 1. The van der Waals surface area contributed by atoms with Gasteiger partial charge in [0, 0.05) is 30.3 Å². The molecule has 3 heterocycles. The molecule has 134 valence electrons. The van der Waals surface area contributed by atoms with Crippen LogP contribution in [0.2, 0.25) is 0 Å². The van der Waals surface area contributed by atoms with E-state index in [0.717, 1.165) is 30.1 Å². The summed E-state index contributed by atoms with van der Waals surface area (Å²) < 4.78 is 5.01. The van der Waals surface area contributed by atoms with Gasteiger partial charge in [-0.2, -0.15) is 0 Å². The van der Waals surface area contributed by atoms with Gasteiger partial charge in [-0.05, 0) is 18.9 Å². The Labute approximate surface area is 151 Å². The number of amides is 2. The van der Waals surface area contributed by atoms with Gasteiger partial charge in [0.1, 0.15) is 6.26 Å². The smallest absolute Gasteiger partial charge is 0.257 e. The van der Waals surface area contributed by atoms with E-state index in [1.54, 1.807) is 17.4 Å². The maximum atomic E-state index is 12.5. The molecule has 0 aromatic carbocycles. The number of nitrogens with zero attached hydrogens (tertiary/aromatic N) is 2. The van der Waals surface area contributed by atoms with Gasteiger partial charge in [-0.1, -0.05) is 13.8 Å². The fraction of sp³-hybridized carbons (Fsp3) is 0.500. The molecule has 1 atom stereocenters. The Morgan fingerprint density at radius 3 is 3.04 bits per heavy atom. The molecule has 1 fully saturated rings. The predicted octanol–water partition coefficient (Wildman–Crippen LogP) is 3.03. The summed E-state index contributed by atoms with van der Waals surface area (Å²) in [5.74, 6) is 0.270. The topological polar surface area (TPSA) is 75.4 Å². The minimum atomic E-state index is -0.0288. The molecule has 3 rings (SSSR count). The lowest BCUT2D eigenvalue weighted by Gasteiger charge is -2.31. The first-order valence-corrected chi connectivity index (χ1v) is 9.46. The minimum absolute atomic E-state index is 0.0134. The van der Waals surface area contributed by atoms with Crippen molar-refractivity contribution in [1.82, 2.24) is 15.2 Å². The number of carbonyl (C=O) groups is 2. The lowest BCUT2D eigenvalue weighted by molar-refractivity contribution is -0.124. The van der Waals surface area contributed by atoms with Gasteiger partial charge in [0.2, 0.25) is 5.91 Å². The number of aromatic nitrogens is 1. The van der Waals surface area contributed by atoms with Gasteiger partial charge in [0.05, 0.1) is 29.1 Å². The molecule has 2 aromatic heterocycles. The summed E-state index contributed by atoms with van der Waals surface area (Å²) >= 11 is 1.61.